The van der Waals surface area contributed by atoms with Crippen LogP contribution in [0.4, 0.5) is 0 Å². The van der Waals surface area contributed by atoms with Crippen molar-refractivity contribution in [1.29, 1.82) is 0 Å². The van der Waals surface area contributed by atoms with E-state index in [4.69, 9.17) is 19.9 Å². The van der Waals surface area contributed by atoms with Gasteiger partial charge in [0.2, 0.25) is 0 Å². The molecule has 0 amide bonds. The number of benzene rings is 4. The van der Waals surface area contributed by atoms with Crippen LogP contribution < -0.4 is 4.98 Å². The van der Waals surface area contributed by atoms with Crippen molar-refractivity contribution in [1.82, 2.24) is 19.9 Å². The van der Waals surface area contributed by atoms with E-state index in [1.165, 1.54) is 0 Å². The Labute approximate surface area is 325 Å². The average molecular weight is 969 g/mol. The minimum absolute atomic E-state index is 0.770. The van der Waals surface area contributed by atoms with Crippen LogP contribution in [0.2, 0.25) is 0 Å². The van der Waals surface area contributed by atoms with Gasteiger partial charge in [-0.2, -0.15) is 0 Å². The molecule has 2 aliphatic rings. The third kappa shape index (κ3) is 6.95. The predicted octanol–water partition coefficient (Wildman–Crippen LogP) is 12.5. The van der Waals surface area contributed by atoms with Crippen molar-refractivity contribution < 1.29 is 10.1 Å². The molecule has 0 atom stereocenters. The fourth-order valence-corrected chi connectivity index (χ4v) is 6.72. The van der Waals surface area contributed by atoms with Gasteiger partial charge in [0.15, 0.2) is 0 Å². The SMILES string of the molecule is C1=Cc2nc1c(-c1ccccc1)c1cnc([cH-]1)c(-c1ccccc1)c1nc(c(-c3ccccc3)c3ccc([n-]3)c2-c2ccccc2)C=C1.[I][Rh+][I]. The molecule has 0 saturated carbocycles. The Balaban J connectivity index is 0.00000121. The van der Waals surface area contributed by atoms with Gasteiger partial charge >= 0.3 is 49.6 Å². The second-order valence-electron chi connectivity index (χ2n) is 11.9. The summed E-state index contributed by atoms with van der Waals surface area (Å²) in [7, 11) is 0.770. The third-order valence-electron chi connectivity index (χ3n) is 8.89. The molecule has 2 aliphatic heterocycles. The molecular weight excluding hydrogens is 941 g/mol. The molecule has 0 saturated heterocycles. The van der Waals surface area contributed by atoms with Crippen molar-refractivity contribution in [3.8, 4) is 44.5 Å². The van der Waals surface area contributed by atoms with Crippen LogP contribution in [0.15, 0.2) is 146 Å². The van der Waals surface area contributed by atoms with Gasteiger partial charge < -0.3 is 9.97 Å². The van der Waals surface area contributed by atoms with E-state index < -0.39 is 0 Å². The molecule has 7 aromatic rings. The molecule has 0 fully saturated rings. The molecule has 0 spiro atoms. The van der Waals surface area contributed by atoms with Crippen LogP contribution in [0.3, 0.4) is 0 Å². The number of hydrogen-bond acceptors (Lipinski definition) is 3. The second-order valence-corrected chi connectivity index (χ2v) is 24.5. The molecule has 9 rings (SSSR count). The Hall–Kier alpha value is -4.44. The number of fused-ring (bicyclic) bond motifs is 8. The molecule has 0 aliphatic carbocycles. The predicted molar refractivity (Wildman–Crippen MR) is 227 cm³/mol. The zero-order valence-corrected chi connectivity index (χ0v) is 33.0. The van der Waals surface area contributed by atoms with E-state index in [1.807, 2.05) is 30.5 Å². The first-order valence-electron chi connectivity index (χ1n) is 16.3. The summed E-state index contributed by atoms with van der Waals surface area (Å²) in [6, 6.07) is 48.0. The molecule has 0 radical (unpaired) electrons. The van der Waals surface area contributed by atoms with Crippen molar-refractivity contribution in [3.63, 3.8) is 0 Å². The molecule has 0 N–H and O–H groups in total. The Bertz CT molecular complexity index is 2210. The second kappa shape index (κ2) is 15.4. The van der Waals surface area contributed by atoms with Crippen molar-refractivity contribution in [2.45, 2.75) is 0 Å². The van der Waals surface area contributed by atoms with Gasteiger partial charge in [-0.1, -0.05) is 150 Å². The molecule has 4 aromatic carbocycles. The van der Waals surface area contributed by atoms with Crippen molar-refractivity contribution >= 4 is 85.7 Å². The summed E-state index contributed by atoms with van der Waals surface area (Å²) in [6.07, 6.45) is 10.4. The molecule has 4 nitrogen and oxygen atoms in total. The van der Waals surface area contributed by atoms with Crippen LogP contribution in [0, 0.1) is 0 Å². The van der Waals surface area contributed by atoms with Crippen LogP contribution in [0.5, 0.6) is 0 Å². The summed E-state index contributed by atoms with van der Waals surface area (Å²) in [5.74, 6) is 0. The Morgan fingerprint density at radius 3 is 1.24 bits per heavy atom. The fraction of sp³-hybridized carbons (Fsp3) is 0. The molecular formula is C44H28I2N4Rh-. The van der Waals surface area contributed by atoms with Crippen LogP contribution in [-0.2, 0) is 10.1 Å². The number of aromatic nitrogens is 4. The van der Waals surface area contributed by atoms with Crippen molar-refractivity contribution in [3.05, 3.63) is 168 Å². The number of halogens is 2. The summed E-state index contributed by atoms with van der Waals surface area (Å²) >= 11 is 4.69. The first-order chi connectivity index (χ1) is 25.2. The Morgan fingerprint density at radius 2 is 0.804 bits per heavy atom. The summed E-state index contributed by atoms with van der Waals surface area (Å²) < 4.78 is 0. The number of hydrogen-bond donors (Lipinski definition) is 0. The normalized spacial score (nSPS) is 11.7. The monoisotopic (exact) mass is 969 g/mol. The molecule has 5 heterocycles. The van der Waals surface area contributed by atoms with Crippen LogP contribution >= 0.6 is 39.5 Å². The van der Waals surface area contributed by atoms with Crippen LogP contribution in [0.25, 0.3) is 90.7 Å². The Morgan fingerprint density at radius 1 is 0.451 bits per heavy atom. The number of nitrogens with zero attached hydrogens (tertiary/aromatic N) is 4. The summed E-state index contributed by atoms with van der Waals surface area (Å²) in [5, 5.41) is 1.000. The first-order valence-corrected chi connectivity index (χ1v) is 26.1. The quantitative estimate of drug-likeness (QED) is 0.100. The fourth-order valence-electron chi connectivity index (χ4n) is 6.72. The summed E-state index contributed by atoms with van der Waals surface area (Å²) in [6.45, 7) is 0. The first kappa shape index (κ1) is 33.7. The van der Waals surface area contributed by atoms with Gasteiger partial charge in [-0.3, -0.25) is 9.97 Å². The standard InChI is InChI=1S/C44H28N4.2HI.Rh/c1-5-13-29(14-6-1)41-33-27-40(45-28-33)44(32-19-11-4-12-20-32)39-26-25-38(48-39)43(31-17-9-3-10-18-31)37-24-23-36(47-37)42(30-15-7-2-8-16-30)35-22-21-34(41)46-35;;;/h1-28H;2*1H;/q-2;;;+3/p-2. The molecule has 8 bridgehead atoms. The molecule has 7 heteroatoms. The van der Waals surface area contributed by atoms with Crippen LogP contribution in [-0.4, -0.2) is 15.0 Å². The molecule has 0 unspecified atom stereocenters. The van der Waals surface area contributed by atoms with Crippen molar-refractivity contribution in [2.75, 3.05) is 0 Å². The van der Waals surface area contributed by atoms with Gasteiger partial charge in [0, 0.05) is 11.4 Å². The van der Waals surface area contributed by atoms with Gasteiger partial charge in [-0.15, -0.1) is 22.5 Å². The molecule has 51 heavy (non-hydrogen) atoms. The average Bonchev–Trinajstić information content (AvgIpc) is 4.02. The minimum atomic E-state index is 0.770. The summed E-state index contributed by atoms with van der Waals surface area (Å²) in [4.78, 5) is 21.0. The molecule has 3 aromatic heterocycles. The van der Waals surface area contributed by atoms with Gasteiger partial charge in [0.1, 0.15) is 0 Å². The van der Waals surface area contributed by atoms with E-state index in [2.05, 4.69) is 179 Å². The topological polar surface area (TPSA) is 52.8 Å². The van der Waals surface area contributed by atoms with E-state index in [0.29, 0.717) is 0 Å². The van der Waals surface area contributed by atoms with Gasteiger partial charge in [-0.05, 0) is 63.8 Å². The van der Waals surface area contributed by atoms with Gasteiger partial charge in [-0.25, -0.2) is 0 Å². The van der Waals surface area contributed by atoms with Crippen molar-refractivity contribution in [2.24, 2.45) is 0 Å². The zero-order chi connectivity index (χ0) is 34.6. The van der Waals surface area contributed by atoms with E-state index in [1.54, 1.807) is 0 Å². The third-order valence-corrected chi connectivity index (χ3v) is 8.89. The number of rotatable bonds is 4. The van der Waals surface area contributed by atoms with Crippen LogP contribution in [0.1, 0.15) is 22.8 Å². The maximum atomic E-state index is 5.32. The van der Waals surface area contributed by atoms with Gasteiger partial charge in [0.25, 0.3) is 0 Å². The summed E-state index contributed by atoms with van der Waals surface area (Å²) in [5.41, 5.74) is 14.3. The molecule has 248 valence electrons. The van der Waals surface area contributed by atoms with E-state index >= 15 is 0 Å². The van der Waals surface area contributed by atoms with E-state index in [0.717, 1.165) is 99.3 Å². The zero-order valence-electron chi connectivity index (χ0n) is 27.0. The Kier molecular flexibility index (Phi) is 10.2. The van der Waals surface area contributed by atoms with Gasteiger partial charge in [0.05, 0.1) is 11.4 Å². The van der Waals surface area contributed by atoms with E-state index in [-0.39, 0.29) is 0 Å². The maximum absolute atomic E-state index is 5.32. The van der Waals surface area contributed by atoms with E-state index in [9.17, 15) is 0 Å².